The monoisotopic (exact) mass is 335 g/mol. The third-order valence-corrected chi connectivity index (χ3v) is 5.09. The molecule has 7 nitrogen and oxygen atoms in total. The normalized spacial score (nSPS) is 22.6. The first-order valence-corrected chi connectivity index (χ1v) is 8.19. The van der Waals surface area contributed by atoms with Crippen LogP contribution in [0.3, 0.4) is 0 Å². The molecule has 4 rings (SSSR count). The molecule has 1 unspecified atom stereocenters. The molecule has 1 atom stereocenters. The van der Waals surface area contributed by atoms with Crippen LogP contribution in [0.2, 0.25) is 0 Å². The van der Waals surface area contributed by atoms with E-state index in [-0.39, 0.29) is 17.2 Å². The van der Waals surface area contributed by atoms with Crippen molar-refractivity contribution in [1.29, 1.82) is 5.26 Å². The molecule has 0 radical (unpaired) electrons. The van der Waals surface area contributed by atoms with Crippen molar-refractivity contribution in [3.05, 3.63) is 47.8 Å². The minimum atomic E-state index is -0.194. The first kappa shape index (κ1) is 15.4. The van der Waals surface area contributed by atoms with E-state index < -0.39 is 0 Å². The first-order valence-electron chi connectivity index (χ1n) is 8.19. The SMILES string of the molecule is N#Cc1ccc(N2CC3(CCN(C(=O)c4ccn[nH]4)C3)CC2=O)cc1. The lowest BCUT2D eigenvalue weighted by Crippen LogP contribution is -2.34. The lowest BCUT2D eigenvalue weighted by Gasteiger charge is -2.24. The van der Waals surface area contributed by atoms with E-state index in [2.05, 4.69) is 16.3 Å². The van der Waals surface area contributed by atoms with Crippen LogP contribution >= 0.6 is 0 Å². The predicted octanol–water partition coefficient (Wildman–Crippen LogP) is 1.55. The fourth-order valence-electron chi connectivity index (χ4n) is 3.77. The third-order valence-electron chi connectivity index (χ3n) is 5.09. The van der Waals surface area contributed by atoms with Gasteiger partial charge in [0.05, 0.1) is 11.6 Å². The van der Waals surface area contributed by atoms with Gasteiger partial charge in [0.25, 0.3) is 5.91 Å². The molecule has 0 bridgehead atoms. The number of anilines is 1. The maximum absolute atomic E-state index is 12.5. The molecule has 1 aromatic heterocycles. The lowest BCUT2D eigenvalue weighted by molar-refractivity contribution is -0.117. The Morgan fingerprint density at radius 2 is 2.04 bits per heavy atom. The Balaban J connectivity index is 1.50. The van der Waals surface area contributed by atoms with Gasteiger partial charge in [0, 0.05) is 43.4 Å². The summed E-state index contributed by atoms with van der Waals surface area (Å²) < 4.78 is 0. The molecule has 0 aliphatic carbocycles. The number of carbonyl (C=O) groups is 2. The maximum atomic E-state index is 12.5. The van der Waals surface area contributed by atoms with E-state index in [4.69, 9.17) is 5.26 Å². The summed E-state index contributed by atoms with van der Waals surface area (Å²) in [5, 5.41) is 15.4. The molecule has 2 aliphatic heterocycles. The molecule has 1 aromatic carbocycles. The fourth-order valence-corrected chi connectivity index (χ4v) is 3.77. The summed E-state index contributed by atoms with van der Waals surface area (Å²) in [7, 11) is 0. The summed E-state index contributed by atoms with van der Waals surface area (Å²) in [6.07, 6.45) is 2.82. The first-order chi connectivity index (χ1) is 12.1. The number of rotatable bonds is 2. The molecule has 2 amide bonds. The number of nitriles is 1. The average molecular weight is 335 g/mol. The Morgan fingerprint density at radius 3 is 2.72 bits per heavy atom. The summed E-state index contributed by atoms with van der Waals surface area (Å²) in [4.78, 5) is 28.6. The summed E-state index contributed by atoms with van der Waals surface area (Å²) in [6, 6.07) is 10.8. The number of aromatic nitrogens is 2. The number of hydrogen-bond acceptors (Lipinski definition) is 4. The van der Waals surface area contributed by atoms with Crippen LogP contribution in [0, 0.1) is 16.7 Å². The number of carbonyl (C=O) groups excluding carboxylic acids is 2. The van der Waals surface area contributed by atoms with E-state index in [1.54, 1.807) is 46.3 Å². The molecule has 25 heavy (non-hydrogen) atoms. The molecule has 2 saturated heterocycles. The number of benzene rings is 1. The van der Waals surface area contributed by atoms with Crippen LogP contribution in [0.15, 0.2) is 36.5 Å². The average Bonchev–Trinajstić information content (AvgIpc) is 3.36. The highest BCUT2D eigenvalue weighted by atomic mass is 16.2. The Labute approximate surface area is 144 Å². The topological polar surface area (TPSA) is 93.1 Å². The lowest BCUT2D eigenvalue weighted by atomic mass is 9.86. The number of aromatic amines is 1. The van der Waals surface area contributed by atoms with Gasteiger partial charge >= 0.3 is 0 Å². The second-order valence-electron chi connectivity index (χ2n) is 6.76. The van der Waals surface area contributed by atoms with Crippen molar-refractivity contribution in [2.24, 2.45) is 5.41 Å². The second kappa shape index (κ2) is 5.74. The van der Waals surface area contributed by atoms with Crippen molar-refractivity contribution >= 4 is 17.5 Å². The number of likely N-dealkylation sites (tertiary alicyclic amines) is 1. The molecule has 2 aliphatic rings. The van der Waals surface area contributed by atoms with Crippen molar-refractivity contribution in [2.75, 3.05) is 24.5 Å². The third kappa shape index (κ3) is 2.66. The van der Waals surface area contributed by atoms with Crippen molar-refractivity contribution in [2.45, 2.75) is 12.8 Å². The molecule has 1 N–H and O–H groups in total. The maximum Gasteiger partial charge on any atom is 0.271 e. The predicted molar refractivity (Wildman–Crippen MR) is 89.7 cm³/mol. The fraction of sp³-hybridized carbons (Fsp3) is 0.333. The zero-order chi connectivity index (χ0) is 17.4. The molecule has 2 aromatic rings. The summed E-state index contributed by atoms with van der Waals surface area (Å²) in [6.45, 7) is 1.82. The van der Waals surface area contributed by atoms with E-state index in [1.165, 1.54) is 0 Å². The van der Waals surface area contributed by atoms with E-state index >= 15 is 0 Å². The minimum absolute atomic E-state index is 0.0700. The highest BCUT2D eigenvalue weighted by Crippen LogP contribution is 2.42. The molecular formula is C18H17N5O2. The molecule has 126 valence electrons. The van der Waals surface area contributed by atoms with Crippen LogP contribution in [-0.4, -0.2) is 46.5 Å². The molecule has 3 heterocycles. The van der Waals surface area contributed by atoms with Crippen LogP contribution in [0.25, 0.3) is 0 Å². The summed E-state index contributed by atoms with van der Waals surface area (Å²) in [5.41, 5.74) is 1.66. The van der Waals surface area contributed by atoms with Gasteiger partial charge < -0.3 is 9.80 Å². The molecule has 1 spiro atoms. The number of nitrogens with zero attached hydrogens (tertiary/aromatic N) is 4. The van der Waals surface area contributed by atoms with Gasteiger partial charge in [-0.25, -0.2) is 0 Å². The second-order valence-corrected chi connectivity index (χ2v) is 6.76. The quantitative estimate of drug-likeness (QED) is 0.901. The van der Waals surface area contributed by atoms with Crippen molar-refractivity contribution in [3.8, 4) is 6.07 Å². The van der Waals surface area contributed by atoms with Crippen LogP contribution < -0.4 is 4.90 Å². The van der Waals surface area contributed by atoms with Gasteiger partial charge in [-0.1, -0.05) is 0 Å². The van der Waals surface area contributed by atoms with Crippen molar-refractivity contribution in [3.63, 3.8) is 0 Å². The summed E-state index contributed by atoms with van der Waals surface area (Å²) in [5.74, 6) is -0.000746. The van der Waals surface area contributed by atoms with Crippen LogP contribution in [0.4, 0.5) is 5.69 Å². The van der Waals surface area contributed by atoms with E-state index in [1.807, 2.05) is 0 Å². The minimum Gasteiger partial charge on any atom is -0.337 e. The zero-order valence-corrected chi connectivity index (χ0v) is 13.6. The van der Waals surface area contributed by atoms with Crippen LogP contribution in [-0.2, 0) is 4.79 Å². The Bertz CT molecular complexity index is 853. The largest absolute Gasteiger partial charge is 0.337 e. The zero-order valence-electron chi connectivity index (χ0n) is 13.6. The molecule has 7 heteroatoms. The van der Waals surface area contributed by atoms with Crippen molar-refractivity contribution < 1.29 is 9.59 Å². The van der Waals surface area contributed by atoms with Gasteiger partial charge in [0.2, 0.25) is 5.91 Å². The highest BCUT2D eigenvalue weighted by Gasteiger charge is 2.48. The molecule has 0 saturated carbocycles. The Morgan fingerprint density at radius 1 is 1.24 bits per heavy atom. The number of amides is 2. The smallest absolute Gasteiger partial charge is 0.271 e. The van der Waals surface area contributed by atoms with Gasteiger partial charge in [-0.05, 0) is 36.8 Å². The van der Waals surface area contributed by atoms with Crippen molar-refractivity contribution in [1.82, 2.24) is 15.1 Å². The van der Waals surface area contributed by atoms with Crippen LogP contribution in [0.1, 0.15) is 28.9 Å². The number of nitrogens with one attached hydrogen (secondary N) is 1. The highest BCUT2D eigenvalue weighted by molar-refractivity contribution is 5.97. The van der Waals surface area contributed by atoms with Gasteiger partial charge in [-0.15, -0.1) is 0 Å². The molecule has 2 fully saturated rings. The number of H-pyrrole nitrogens is 1. The van der Waals surface area contributed by atoms with Gasteiger partial charge in [0.15, 0.2) is 0 Å². The van der Waals surface area contributed by atoms with Crippen LogP contribution in [0.5, 0.6) is 0 Å². The van der Waals surface area contributed by atoms with Gasteiger partial charge in [-0.3, -0.25) is 14.7 Å². The number of hydrogen-bond donors (Lipinski definition) is 1. The van der Waals surface area contributed by atoms with Gasteiger partial charge in [-0.2, -0.15) is 10.4 Å². The Kier molecular flexibility index (Phi) is 3.53. The Hall–Kier alpha value is -3.14. The van der Waals surface area contributed by atoms with E-state index in [0.717, 1.165) is 12.1 Å². The van der Waals surface area contributed by atoms with Gasteiger partial charge in [0.1, 0.15) is 5.69 Å². The van der Waals surface area contributed by atoms with E-state index in [0.29, 0.717) is 37.3 Å². The summed E-state index contributed by atoms with van der Waals surface area (Å²) >= 11 is 0. The standard InChI is InChI=1S/C18H17N5O2/c19-10-13-1-3-14(4-2-13)23-12-18(9-16(23)24)6-8-22(11-18)17(25)15-5-7-20-21-15/h1-5,7H,6,8-9,11-12H2,(H,20,21). The molecular weight excluding hydrogens is 318 g/mol. The van der Waals surface area contributed by atoms with E-state index in [9.17, 15) is 9.59 Å².